The number of aliphatic hydroxyl groups excluding tert-OH is 1. The Morgan fingerprint density at radius 2 is 1.94 bits per heavy atom. The quantitative estimate of drug-likeness (QED) is 0.476. The highest BCUT2D eigenvalue weighted by Gasteiger charge is 2.29. The van der Waals surface area contributed by atoms with Crippen LogP contribution >= 0.6 is 0 Å². The highest BCUT2D eigenvalue weighted by Crippen LogP contribution is 2.34. The van der Waals surface area contributed by atoms with Gasteiger partial charge in [0.05, 0.1) is 23.6 Å². The number of ketones is 1. The minimum Gasteiger partial charge on any atom is -0.493 e. The number of hydrogen-bond acceptors (Lipinski definition) is 7. The van der Waals surface area contributed by atoms with Crippen LogP contribution in [0.1, 0.15) is 72.4 Å². The van der Waals surface area contributed by atoms with Gasteiger partial charge in [-0.25, -0.2) is 15.0 Å². The Balaban J connectivity index is 1.81. The van der Waals surface area contributed by atoms with Gasteiger partial charge in [0.25, 0.3) is 0 Å². The van der Waals surface area contributed by atoms with E-state index in [0.29, 0.717) is 23.1 Å². The van der Waals surface area contributed by atoms with Crippen LogP contribution in [0.3, 0.4) is 0 Å². The molecule has 0 aromatic carbocycles. The van der Waals surface area contributed by atoms with E-state index in [1.165, 1.54) is 11.9 Å². The van der Waals surface area contributed by atoms with Crippen molar-refractivity contribution in [3.05, 3.63) is 35.5 Å². The molecule has 34 heavy (non-hydrogen) atoms. The van der Waals surface area contributed by atoms with Crippen LogP contribution in [0.25, 0.3) is 0 Å². The average Bonchev–Trinajstić information content (AvgIpc) is 2.78. The second-order valence-electron chi connectivity index (χ2n) is 10.1. The first-order valence-corrected chi connectivity index (χ1v) is 12.5. The van der Waals surface area contributed by atoms with Crippen molar-refractivity contribution in [3.8, 4) is 0 Å². The zero-order valence-electron chi connectivity index (χ0n) is 21.5. The molecule has 7 heteroatoms. The van der Waals surface area contributed by atoms with E-state index in [1.54, 1.807) is 6.92 Å². The Hall–Kier alpha value is -2.54. The highest BCUT2D eigenvalue weighted by molar-refractivity contribution is 6.40. The van der Waals surface area contributed by atoms with Gasteiger partial charge in [-0.1, -0.05) is 18.6 Å². The molecule has 2 atom stereocenters. The number of rotatable bonds is 9. The summed E-state index contributed by atoms with van der Waals surface area (Å²) >= 11 is 0. The van der Waals surface area contributed by atoms with Gasteiger partial charge < -0.3 is 15.2 Å². The number of aliphatic imine (C=N–C) groups is 1. The van der Waals surface area contributed by atoms with E-state index in [1.807, 2.05) is 20.8 Å². The van der Waals surface area contributed by atoms with E-state index in [-0.39, 0.29) is 36.4 Å². The fourth-order valence-electron chi connectivity index (χ4n) is 4.98. The Morgan fingerprint density at radius 3 is 2.59 bits per heavy atom. The third-order valence-corrected chi connectivity index (χ3v) is 6.79. The maximum absolute atomic E-state index is 13.2. The van der Waals surface area contributed by atoms with Gasteiger partial charge in [0, 0.05) is 18.4 Å². The zero-order valence-corrected chi connectivity index (χ0v) is 21.5. The molecule has 2 aliphatic rings. The van der Waals surface area contributed by atoms with E-state index in [9.17, 15) is 9.90 Å². The molecule has 1 aromatic rings. The molecule has 0 amide bonds. The Bertz CT molecular complexity index is 959. The average molecular weight is 469 g/mol. The van der Waals surface area contributed by atoms with Gasteiger partial charge in [0.15, 0.2) is 11.6 Å². The molecule has 2 aliphatic carbocycles. The first kappa shape index (κ1) is 26.1. The van der Waals surface area contributed by atoms with Gasteiger partial charge in [-0.2, -0.15) is 0 Å². The van der Waals surface area contributed by atoms with E-state index in [2.05, 4.69) is 41.3 Å². The molecule has 0 bridgehead atoms. The number of carbonyl (C=O) groups excluding carboxylic acids is 1. The van der Waals surface area contributed by atoms with Crippen LogP contribution in [0.4, 0.5) is 11.5 Å². The number of ether oxygens (including phenoxy) is 1. The number of aromatic nitrogens is 2. The van der Waals surface area contributed by atoms with Crippen molar-refractivity contribution in [2.75, 3.05) is 11.9 Å². The molecule has 186 valence electrons. The summed E-state index contributed by atoms with van der Waals surface area (Å²) in [4.78, 5) is 26.7. The maximum atomic E-state index is 13.2. The lowest BCUT2D eigenvalue weighted by atomic mass is 9.78. The van der Waals surface area contributed by atoms with Gasteiger partial charge in [-0.3, -0.25) is 4.79 Å². The third-order valence-electron chi connectivity index (χ3n) is 6.79. The van der Waals surface area contributed by atoms with Crippen LogP contribution in [0, 0.1) is 24.7 Å². The molecule has 0 aliphatic heterocycles. The first-order chi connectivity index (χ1) is 16.2. The topological polar surface area (TPSA) is 96.7 Å². The second kappa shape index (κ2) is 11.7. The van der Waals surface area contributed by atoms with Crippen molar-refractivity contribution in [1.82, 2.24) is 9.97 Å². The molecule has 7 nitrogen and oxygen atoms in total. The minimum atomic E-state index is -0.0906. The highest BCUT2D eigenvalue weighted by atomic mass is 16.5. The van der Waals surface area contributed by atoms with Crippen molar-refractivity contribution >= 4 is 23.0 Å². The Labute approximate surface area is 203 Å². The smallest absolute Gasteiger partial charge is 0.179 e. The zero-order chi connectivity index (χ0) is 24.8. The molecule has 0 spiro atoms. The molecule has 3 rings (SSSR count). The van der Waals surface area contributed by atoms with Crippen LogP contribution in [0.15, 0.2) is 34.8 Å². The molecule has 0 radical (unpaired) electrons. The number of allylic oxidation sites excluding steroid dienone is 2. The lowest BCUT2D eigenvalue weighted by Gasteiger charge is -2.31. The number of aliphatic hydroxyl groups is 1. The number of nitrogens with one attached hydrogen (secondary N) is 1. The molecule has 1 aromatic heterocycles. The van der Waals surface area contributed by atoms with Crippen LogP contribution in [-0.4, -0.2) is 45.3 Å². The van der Waals surface area contributed by atoms with Gasteiger partial charge >= 0.3 is 0 Å². The Morgan fingerprint density at radius 1 is 1.24 bits per heavy atom. The summed E-state index contributed by atoms with van der Waals surface area (Å²) in [6, 6.07) is -0.0906. The Kier molecular flexibility index (Phi) is 9.00. The van der Waals surface area contributed by atoms with Gasteiger partial charge in [0.2, 0.25) is 0 Å². The standard InChI is InChI=1S/C27H40N4O3/c1-16(2)34-23-14-17(3)13-18(4)24(23)31-27-25(19(5)28-15-29-27)30-20(6)26(33)22-9-7-21(8-10-22)11-12-32/h13-16,18,21-22,24,32H,7-12H2,1-6H3,(H,28,29,31)/b30-20+. The molecule has 2 unspecified atom stereocenters. The lowest BCUT2D eigenvalue weighted by Crippen LogP contribution is -2.33. The van der Waals surface area contributed by atoms with Crippen LogP contribution in [0.2, 0.25) is 0 Å². The number of aryl methyl sites for hydroxylation is 1. The molecular formula is C27H40N4O3. The van der Waals surface area contributed by atoms with E-state index < -0.39 is 0 Å². The van der Waals surface area contributed by atoms with Crippen LogP contribution in [0.5, 0.6) is 0 Å². The number of Topliss-reactive ketones (excluding diaryl/α,β-unsaturated/α-hetero) is 1. The number of anilines is 1. The van der Waals surface area contributed by atoms with Gasteiger partial charge in [-0.05, 0) is 78.7 Å². The minimum absolute atomic E-state index is 0.000459. The fraction of sp³-hybridized carbons (Fsp3) is 0.630. The summed E-state index contributed by atoms with van der Waals surface area (Å²) in [5.41, 5.74) is 2.99. The first-order valence-electron chi connectivity index (χ1n) is 12.5. The predicted octanol–water partition coefficient (Wildman–Crippen LogP) is 5.32. The molecule has 1 fully saturated rings. The van der Waals surface area contributed by atoms with Crippen LogP contribution < -0.4 is 5.32 Å². The molecule has 1 heterocycles. The number of carbonyl (C=O) groups is 1. The molecule has 2 N–H and O–H groups in total. The van der Waals surface area contributed by atoms with Crippen molar-refractivity contribution in [2.24, 2.45) is 22.7 Å². The maximum Gasteiger partial charge on any atom is 0.179 e. The van der Waals surface area contributed by atoms with Crippen LogP contribution in [-0.2, 0) is 9.53 Å². The normalized spacial score (nSPS) is 25.6. The third kappa shape index (κ3) is 6.53. The molecule has 1 saturated carbocycles. The summed E-state index contributed by atoms with van der Waals surface area (Å²) in [7, 11) is 0. The van der Waals surface area contributed by atoms with Crippen molar-refractivity contribution < 1.29 is 14.6 Å². The number of hydrogen-bond donors (Lipinski definition) is 2. The van der Waals surface area contributed by atoms with E-state index >= 15 is 0 Å². The molecule has 0 saturated heterocycles. The monoisotopic (exact) mass is 468 g/mol. The van der Waals surface area contributed by atoms with Crippen molar-refractivity contribution in [2.45, 2.75) is 85.8 Å². The fourth-order valence-corrected chi connectivity index (χ4v) is 4.98. The van der Waals surface area contributed by atoms with E-state index in [0.717, 1.165) is 43.6 Å². The van der Waals surface area contributed by atoms with E-state index in [4.69, 9.17) is 9.73 Å². The predicted molar refractivity (Wildman–Crippen MR) is 136 cm³/mol. The van der Waals surface area contributed by atoms with Gasteiger partial charge in [-0.15, -0.1) is 0 Å². The number of nitrogens with zero attached hydrogens (tertiary/aromatic N) is 3. The van der Waals surface area contributed by atoms with Gasteiger partial charge in [0.1, 0.15) is 17.8 Å². The largest absolute Gasteiger partial charge is 0.493 e. The lowest BCUT2D eigenvalue weighted by molar-refractivity contribution is -0.117. The summed E-state index contributed by atoms with van der Waals surface area (Å²) in [5, 5.41) is 12.7. The van der Waals surface area contributed by atoms with Crippen molar-refractivity contribution in [1.29, 1.82) is 0 Å². The summed E-state index contributed by atoms with van der Waals surface area (Å²) < 4.78 is 6.12. The summed E-state index contributed by atoms with van der Waals surface area (Å²) in [6.07, 6.45) is 10.4. The second-order valence-corrected chi connectivity index (χ2v) is 10.1. The SMILES string of the molecule is CC1=CC(C)C(Nc2ncnc(C)c2/N=C(\C)C(=O)C2CCC(CCO)CC2)C(OC(C)C)=C1. The summed E-state index contributed by atoms with van der Waals surface area (Å²) in [5.74, 6) is 2.31. The van der Waals surface area contributed by atoms with Crippen molar-refractivity contribution in [3.63, 3.8) is 0 Å². The summed E-state index contributed by atoms with van der Waals surface area (Å²) in [6.45, 7) is 12.2. The molecular weight excluding hydrogens is 428 g/mol.